The zero-order valence-electron chi connectivity index (χ0n) is 18.6. The minimum absolute atomic E-state index is 0.0100. The number of halogens is 3. The van der Waals surface area contributed by atoms with Crippen LogP contribution < -0.4 is 10.7 Å². The van der Waals surface area contributed by atoms with Crippen LogP contribution in [0.1, 0.15) is 31.4 Å². The van der Waals surface area contributed by atoms with Gasteiger partial charge in [-0.15, -0.1) is 0 Å². The van der Waals surface area contributed by atoms with Crippen molar-refractivity contribution in [2.45, 2.75) is 37.0 Å². The molecule has 2 heterocycles. The van der Waals surface area contributed by atoms with Crippen molar-refractivity contribution >= 4 is 38.9 Å². The maximum atomic E-state index is 14.0. The van der Waals surface area contributed by atoms with E-state index in [1.54, 1.807) is 36.2 Å². The molecule has 2 aliphatic rings. The van der Waals surface area contributed by atoms with Crippen molar-refractivity contribution in [1.29, 1.82) is 0 Å². The maximum absolute atomic E-state index is 14.0. The number of anilines is 1. The number of benzene rings is 2. The Bertz CT molecular complexity index is 1180. The van der Waals surface area contributed by atoms with Crippen molar-refractivity contribution in [3.05, 3.63) is 65.2 Å². The van der Waals surface area contributed by atoms with Gasteiger partial charge >= 0.3 is 0 Å². The molecule has 2 unspecified atom stereocenters. The molecule has 2 aromatic carbocycles. The number of nitrogens with two attached hydrogens (primary N) is 1. The molecule has 0 saturated carbocycles. The second kappa shape index (κ2) is 9.59. The van der Waals surface area contributed by atoms with Crippen LogP contribution >= 0.6 is 11.6 Å². The van der Waals surface area contributed by atoms with Crippen molar-refractivity contribution in [3.8, 4) is 0 Å². The molecule has 0 aliphatic carbocycles. The Balaban J connectivity index is 1.85. The average molecular weight is 510 g/mol. The summed E-state index contributed by atoms with van der Waals surface area (Å²) in [5, 5.41) is 5.52. The first-order valence-corrected chi connectivity index (χ1v) is 12.9. The molecule has 0 bridgehead atoms. The van der Waals surface area contributed by atoms with Crippen LogP contribution in [0.3, 0.4) is 0 Å². The largest absolute Gasteiger partial charge is 0.382 e. The molecule has 1 saturated heterocycles. The Morgan fingerprint density at radius 3 is 2.35 bits per heavy atom. The number of piperidine rings is 1. The number of hydrogen-bond acceptors (Lipinski definition) is 5. The van der Waals surface area contributed by atoms with E-state index in [0.29, 0.717) is 22.8 Å². The smallest absolute Gasteiger partial charge is 0.250 e. The summed E-state index contributed by atoms with van der Waals surface area (Å²) in [5.41, 5.74) is 7.63. The lowest BCUT2D eigenvalue weighted by Gasteiger charge is -2.35. The molecule has 2 aromatic rings. The summed E-state index contributed by atoms with van der Waals surface area (Å²) in [6, 6.07) is 15.1. The van der Waals surface area contributed by atoms with Crippen LogP contribution in [0.15, 0.2) is 64.7 Å². The number of aliphatic imine (C=N–C) groups is 1. The average Bonchev–Trinajstić information content (AvgIpc) is 3.22. The van der Waals surface area contributed by atoms with Gasteiger partial charge in [-0.25, -0.2) is 21.5 Å². The zero-order valence-corrected chi connectivity index (χ0v) is 20.2. The molecule has 0 spiro atoms. The molecular weight excluding hydrogens is 484 g/mol. The summed E-state index contributed by atoms with van der Waals surface area (Å²) in [7, 11) is -4.13. The highest BCUT2D eigenvalue weighted by Crippen LogP contribution is 2.41. The number of amidine groups is 1. The van der Waals surface area contributed by atoms with Gasteiger partial charge in [-0.2, -0.15) is 5.10 Å². The molecule has 182 valence electrons. The lowest BCUT2D eigenvalue weighted by atomic mass is 10.0. The zero-order chi connectivity index (χ0) is 24.5. The third-order valence-corrected chi connectivity index (χ3v) is 8.45. The normalized spacial score (nSPS) is 23.7. The van der Waals surface area contributed by atoms with Crippen LogP contribution in [-0.4, -0.2) is 55.1 Å². The summed E-state index contributed by atoms with van der Waals surface area (Å²) >= 11 is 6.06. The van der Waals surface area contributed by atoms with Crippen molar-refractivity contribution in [2.24, 2.45) is 15.8 Å². The molecule has 0 aromatic heterocycles. The van der Waals surface area contributed by atoms with E-state index < -0.39 is 40.1 Å². The summed E-state index contributed by atoms with van der Waals surface area (Å²) in [6.07, 6.45) is -1.05. The lowest BCUT2D eigenvalue weighted by molar-refractivity contribution is -0.0412. The number of nitrogens with zero attached hydrogens (tertiary/aromatic N) is 4. The maximum Gasteiger partial charge on any atom is 0.250 e. The Morgan fingerprint density at radius 2 is 1.76 bits per heavy atom. The minimum atomic E-state index is -4.13. The van der Waals surface area contributed by atoms with Gasteiger partial charge in [0.2, 0.25) is 10.0 Å². The van der Waals surface area contributed by atoms with Crippen LogP contribution in [0.2, 0.25) is 5.02 Å². The van der Waals surface area contributed by atoms with Gasteiger partial charge in [-0.3, -0.25) is 10.0 Å². The van der Waals surface area contributed by atoms with Gasteiger partial charge in [0, 0.05) is 37.5 Å². The van der Waals surface area contributed by atoms with Crippen molar-refractivity contribution in [2.75, 3.05) is 24.6 Å². The molecule has 4 rings (SSSR count). The Kier molecular flexibility index (Phi) is 6.93. The van der Waals surface area contributed by atoms with Crippen LogP contribution in [0.25, 0.3) is 0 Å². The Morgan fingerprint density at radius 1 is 1.15 bits per heavy atom. The lowest BCUT2D eigenvalue weighted by Crippen LogP contribution is -2.51. The van der Waals surface area contributed by atoms with E-state index in [2.05, 4.69) is 10.1 Å². The summed E-state index contributed by atoms with van der Waals surface area (Å²) in [5.74, 6) is -2.87. The summed E-state index contributed by atoms with van der Waals surface area (Å²) < 4.78 is 56.7. The first-order chi connectivity index (χ1) is 16.1. The van der Waals surface area contributed by atoms with Crippen molar-refractivity contribution in [3.63, 3.8) is 0 Å². The predicted octanol–water partition coefficient (Wildman–Crippen LogP) is 4.06. The molecule has 1 fully saturated rings. The first-order valence-electron chi connectivity index (χ1n) is 11.0. The minimum Gasteiger partial charge on any atom is -0.382 e. The molecule has 2 atom stereocenters. The van der Waals surface area contributed by atoms with Gasteiger partial charge in [0.1, 0.15) is 22.8 Å². The molecule has 2 aliphatic heterocycles. The fraction of sp³-hybridized carbons (Fsp3) is 0.391. The second-order valence-corrected chi connectivity index (χ2v) is 10.7. The molecule has 7 nitrogen and oxygen atoms in total. The third-order valence-electron chi connectivity index (χ3n) is 5.99. The third kappa shape index (κ3) is 4.80. The van der Waals surface area contributed by atoms with Crippen molar-refractivity contribution in [1.82, 2.24) is 4.31 Å². The Labute approximate surface area is 203 Å². The highest BCUT2D eigenvalue weighted by atomic mass is 35.5. The number of alkyl halides is 2. The molecular formula is C23H26ClF2N5O2S. The quantitative estimate of drug-likeness (QED) is 0.469. The van der Waals surface area contributed by atoms with E-state index in [-0.39, 0.29) is 24.6 Å². The standard InChI is InChI=1S/C23H26ClF2N5O2S/c1-2-28-22(27)19-21(34(32,33)30-14-12-23(25,26)13-15-30)20(16-6-4-3-5-7-16)31(29-19)18-10-8-17(24)9-11-18/h3-11,20-21H,2,12-15H2,1H3,(H2,27,28). The summed E-state index contributed by atoms with van der Waals surface area (Å²) in [6.45, 7) is 1.58. The molecule has 11 heteroatoms. The van der Waals surface area contributed by atoms with E-state index >= 15 is 0 Å². The van der Waals surface area contributed by atoms with E-state index in [9.17, 15) is 17.2 Å². The fourth-order valence-electron chi connectivity index (χ4n) is 4.27. The van der Waals surface area contributed by atoms with Gasteiger partial charge in [-0.1, -0.05) is 41.9 Å². The highest BCUT2D eigenvalue weighted by Gasteiger charge is 2.52. The summed E-state index contributed by atoms with van der Waals surface area (Å²) in [4.78, 5) is 4.22. The monoisotopic (exact) mass is 509 g/mol. The Hall–Kier alpha value is -2.56. The second-order valence-electron chi connectivity index (χ2n) is 8.24. The van der Waals surface area contributed by atoms with Crippen LogP contribution in [-0.2, 0) is 10.0 Å². The van der Waals surface area contributed by atoms with E-state index in [1.165, 1.54) is 0 Å². The molecule has 2 N–H and O–H groups in total. The van der Waals surface area contributed by atoms with E-state index in [1.807, 2.05) is 30.3 Å². The van der Waals surface area contributed by atoms with Gasteiger partial charge in [0.25, 0.3) is 5.92 Å². The SMILES string of the molecule is CCN=C(N)C1=NN(c2ccc(Cl)cc2)C(c2ccccc2)C1S(=O)(=O)N1CCC(F)(F)CC1. The molecule has 0 radical (unpaired) electrons. The van der Waals surface area contributed by atoms with Crippen molar-refractivity contribution < 1.29 is 17.2 Å². The van der Waals surface area contributed by atoms with E-state index in [4.69, 9.17) is 17.3 Å². The van der Waals surface area contributed by atoms with Crippen LogP contribution in [0.5, 0.6) is 0 Å². The highest BCUT2D eigenvalue weighted by molar-refractivity contribution is 7.90. The molecule has 0 amide bonds. The van der Waals surface area contributed by atoms with Crippen LogP contribution in [0, 0.1) is 0 Å². The number of sulfonamides is 1. The molecule has 34 heavy (non-hydrogen) atoms. The van der Waals surface area contributed by atoms with Gasteiger partial charge < -0.3 is 5.73 Å². The number of rotatable bonds is 6. The van der Waals surface area contributed by atoms with Gasteiger partial charge in [-0.05, 0) is 36.8 Å². The van der Waals surface area contributed by atoms with Gasteiger partial charge in [0.05, 0.1) is 5.69 Å². The van der Waals surface area contributed by atoms with E-state index in [0.717, 1.165) is 4.31 Å². The fourth-order valence-corrected chi connectivity index (χ4v) is 6.46. The predicted molar refractivity (Wildman–Crippen MR) is 131 cm³/mol. The first kappa shape index (κ1) is 24.6. The van der Waals surface area contributed by atoms with Gasteiger partial charge in [0.15, 0.2) is 0 Å². The van der Waals surface area contributed by atoms with Crippen LogP contribution in [0.4, 0.5) is 14.5 Å². The number of hydrazone groups is 1. The topological polar surface area (TPSA) is 91.4 Å². The number of hydrogen-bond donors (Lipinski definition) is 1.